The number of hydrogen-bond acceptors (Lipinski definition) is 6. The van der Waals surface area contributed by atoms with E-state index in [4.69, 9.17) is 9.47 Å². The summed E-state index contributed by atoms with van der Waals surface area (Å²) in [4.78, 5) is 16.0. The molecule has 3 aromatic carbocycles. The molecule has 0 bridgehead atoms. The molecule has 0 amide bonds. The lowest BCUT2D eigenvalue weighted by atomic mass is 10.1. The van der Waals surface area contributed by atoms with E-state index in [1.54, 1.807) is 6.07 Å². The maximum atomic E-state index is 11.9. The van der Waals surface area contributed by atoms with Crippen molar-refractivity contribution in [3.8, 4) is 11.5 Å². The molecule has 0 radical (unpaired) electrons. The minimum atomic E-state index is -0.345. The number of rotatable bonds is 4. The minimum absolute atomic E-state index is 0.0306. The van der Waals surface area contributed by atoms with E-state index in [2.05, 4.69) is 9.80 Å². The molecule has 0 saturated carbocycles. The van der Waals surface area contributed by atoms with Crippen molar-refractivity contribution in [2.24, 2.45) is 0 Å². The Hall–Kier alpha value is -3.74. The molecule has 2 aliphatic heterocycles. The van der Waals surface area contributed by atoms with Crippen LogP contribution in [0, 0.1) is 10.1 Å². The number of anilines is 2. The second-order valence-corrected chi connectivity index (χ2v) is 6.95. The van der Waals surface area contributed by atoms with Gasteiger partial charge in [0, 0.05) is 24.5 Å². The largest absolute Gasteiger partial charge is 0.454 e. The molecule has 3 aromatic rings. The zero-order chi connectivity index (χ0) is 19.8. The third-order valence-corrected chi connectivity index (χ3v) is 5.34. The van der Waals surface area contributed by atoms with Crippen LogP contribution in [-0.4, -0.2) is 24.8 Å². The lowest BCUT2D eigenvalue weighted by molar-refractivity contribution is -0.385. The van der Waals surface area contributed by atoms with Gasteiger partial charge in [0.1, 0.15) is 6.17 Å². The van der Waals surface area contributed by atoms with Gasteiger partial charge in [-0.25, -0.2) is 0 Å². The highest BCUT2D eigenvalue weighted by Crippen LogP contribution is 2.45. The lowest BCUT2D eigenvalue weighted by Crippen LogP contribution is -2.31. The van der Waals surface area contributed by atoms with Crippen LogP contribution in [0.3, 0.4) is 0 Å². The van der Waals surface area contributed by atoms with Crippen LogP contribution in [0.4, 0.5) is 17.1 Å². The second kappa shape index (κ2) is 7.01. The molecule has 0 atom stereocenters. The van der Waals surface area contributed by atoms with Crippen molar-refractivity contribution in [1.29, 1.82) is 0 Å². The number of nitro groups is 1. The van der Waals surface area contributed by atoms with Gasteiger partial charge in [-0.2, -0.15) is 0 Å². The maximum absolute atomic E-state index is 11.9. The maximum Gasteiger partial charge on any atom is 0.280 e. The van der Waals surface area contributed by atoms with E-state index >= 15 is 0 Å². The van der Waals surface area contributed by atoms with Crippen molar-refractivity contribution in [1.82, 2.24) is 0 Å². The number of ether oxygens (including phenoxy) is 2. The molecule has 1 saturated heterocycles. The van der Waals surface area contributed by atoms with Crippen LogP contribution in [0.25, 0.3) is 0 Å². The molecule has 7 heteroatoms. The van der Waals surface area contributed by atoms with Gasteiger partial charge in [0.05, 0.1) is 16.6 Å². The molecule has 0 aliphatic carbocycles. The van der Waals surface area contributed by atoms with Gasteiger partial charge < -0.3 is 19.3 Å². The predicted molar refractivity (Wildman–Crippen MR) is 110 cm³/mol. The summed E-state index contributed by atoms with van der Waals surface area (Å²) in [6.07, 6.45) is -0.338. The van der Waals surface area contributed by atoms with Crippen molar-refractivity contribution < 1.29 is 14.4 Å². The molecule has 0 aromatic heterocycles. The normalized spacial score (nSPS) is 15.7. The Balaban J connectivity index is 1.68. The molecule has 2 heterocycles. The fourth-order valence-electron chi connectivity index (χ4n) is 4.06. The summed E-state index contributed by atoms with van der Waals surface area (Å²) in [5, 5.41) is 11.9. The molecule has 29 heavy (non-hydrogen) atoms. The lowest BCUT2D eigenvalue weighted by Gasteiger charge is -2.33. The summed E-state index contributed by atoms with van der Waals surface area (Å²) in [5.74, 6) is 0.953. The van der Waals surface area contributed by atoms with Crippen molar-refractivity contribution in [3.05, 3.63) is 88.5 Å². The van der Waals surface area contributed by atoms with Crippen LogP contribution in [0.15, 0.2) is 72.8 Å². The second-order valence-electron chi connectivity index (χ2n) is 6.95. The summed E-state index contributed by atoms with van der Waals surface area (Å²) in [7, 11) is 0. The first kappa shape index (κ1) is 17.4. The number of para-hydroxylation sites is 2. The van der Waals surface area contributed by atoms with Crippen LogP contribution in [-0.2, 0) is 0 Å². The quantitative estimate of drug-likeness (QED) is 0.488. The summed E-state index contributed by atoms with van der Waals surface area (Å²) < 4.78 is 10.9. The number of nitro benzene ring substituents is 1. The Kier molecular flexibility index (Phi) is 4.20. The molecular formula is C22H19N3O4. The first-order chi connectivity index (χ1) is 14.2. The minimum Gasteiger partial charge on any atom is -0.454 e. The Labute approximate surface area is 167 Å². The zero-order valence-corrected chi connectivity index (χ0v) is 15.6. The monoisotopic (exact) mass is 389 g/mol. The molecule has 0 N–H and O–H groups in total. The van der Waals surface area contributed by atoms with Gasteiger partial charge in [-0.3, -0.25) is 10.1 Å². The third-order valence-electron chi connectivity index (χ3n) is 5.34. The smallest absolute Gasteiger partial charge is 0.280 e. The van der Waals surface area contributed by atoms with Crippen molar-refractivity contribution in [2.75, 3.05) is 29.7 Å². The molecule has 2 aliphatic rings. The molecule has 1 fully saturated rings. The Morgan fingerprint density at radius 2 is 1.34 bits per heavy atom. The average Bonchev–Trinajstić information content (AvgIpc) is 3.40. The van der Waals surface area contributed by atoms with Crippen molar-refractivity contribution >= 4 is 17.1 Å². The number of fused-ring (bicyclic) bond motifs is 1. The Morgan fingerprint density at radius 1 is 0.828 bits per heavy atom. The van der Waals surface area contributed by atoms with Crippen LogP contribution in [0.5, 0.6) is 11.5 Å². The summed E-state index contributed by atoms with van der Waals surface area (Å²) >= 11 is 0. The molecule has 0 spiro atoms. The van der Waals surface area contributed by atoms with E-state index in [-0.39, 0.29) is 23.6 Å². The Bertz CT molecular complexity index is 995. The third kappa shape index (κ3) is 3.00. The van der Waals surface area contributed by atoms with Crippen LogP contribution >= 0.6 is 0 Å². The SMILES string of the molecule is O=[N+]([O-])c1cc2c(cc1C1N(c3ccccc3)CCN1c1ccccc1)OCO2. The summed E-state index contributed by atoms with van der Waals surface area (Å²) in [5.41, 5.74) is 2.65. The van der Waals surface area contributed by atoms with E-state index < -0.39 is 0 Å². The topological polar surface area (TPSA) is 68.1 Å². The van der Waals surface area contributed by atoms with Gasteiger partial charge in [0.25, 0.3) is 5.69 Å². The fraction of sp³-hybridized carbons (Fsp3) is 0.182. The van der Waals surface area contributed by atoms with Crippen LogP contribution < -0.4 is 19.3 Å². The summed E-state index contributed by atoms with van der Waals surface area (Å²) in [6.45, 7) is 1.57. The van der Waals surface area contributed by atoms with Gasteiger partial charge in [-0.1, -0.05) is 36.4 Å². The van der Waals surface area contributed by atoms with E-state index in [0.717, 1.165) is 24.5 Å². The zero-order valence-electron chi connectivity index (χ0n) is 15.6. The molecule has 146 valence electrons. The highest BCUT2D eigenvalue weighted by Gasteiger charge is 2.39. The predicted octanol–water partition coefficient (Wildman–Crippen LogP) is 4.35. The molecular weight excluding hydrogens is 370 g/mol. The fourth-order valence-corrected chi connectivity index (χ4v) is 4.06. The molecule has 7 nitrogen and oxygen atoms in total. The highest BCUT2D eigenvalue weighted by molar-refractivity contribution is 5.64. The summed E-state index contributed by atoms with van der Waals surface area (Å²) in [6, 6.07) is 23.2. The van der Waals surface area contributed by atoms with Crippen molar-refractivity contribution in [2.45, 2.75) is 6.17 Å². The van der Waals surface area contributed by atoms with E-state index in [0.29, 0.717) is 17.1 Å². The van der Waals surface area contributed by atoms with Gasteiger partial charge in [0.2, 0.25) is 6.79 Å². The van der Waals surface area contributed by atoms with E-state index in [1.807, 2.05) is 60.7 Å². The number of hydrogen-bond donors (Lipinski definition) is 0. The number of benzene rings is 3. The van der Waals surface area contributed by atoms with Gasteiger partial charge >= 0.3 is 0 Å². The first-order valence-electron chi connectivity index (χ1n) is 9.44. The number of nitrogens with zero attached hydrogens (tertiary/aromatic N) is 3. The van der Waals surface area contributed by atoms with E-state index in [9.17, 15) is 10.1 Å². The van der Waals surface area contributed by atoms with Crippen LogP contribution in [0.2, 0.25) is 0 Å². The van der Waals surface area contributed by atoms with Crippen molar-refractivity contribution in [3.63, 3.8) is 0 Å². The average molecular weight is 389 g/mol. The van der Waals surface area contributed by atoms with Crippen LogP contribution in [0.1, 0.15) is 11.7 Å². The molecule has 0 unspecified atom stereocenters. The van der Waals surface area contributed by atoms with Gasteiger partial charge in [0.15, 0.2) is 11.5 Å². The Morgan fingerprint density at radius 3 is 1.86 bits per heavy atom. The molecule has 5 rings (SSSR count). The van der Waals surface area contributed by atoms with Gasteiger partial charge in [-0.05, 0) is 30.3 Å². The van der Waals surface area contributed by atoms with E-state index in [1.165, 1.54) is 6.07 Å². The first-order valence-corrected chi connectivity index (χ1v) is 9.44. The highest BCUT2D eigenvalue weighted by atomic mass is 16.7. The standard InChI is InChI=1S/C22H19N3O4/c26-25(27)19-14-21-20(28-15-29-21)13-18(19)22-23(16-7-3-1-4-8-16)11-12-24(22)17-9-5-2-6-10-17/h1-10,13-14,22H,11-12,15H2. The van der Waals surface area contributed by atoms with Gasteiger partial charge in [-0.15, -0.1) is 0 Å².